The van der Waals surface area contributed by atoms with Crippen LogP contribution in [0.15, 0.2) is 16.3 Å². The van der Waals surface area contributed by atoms with Crippen LogP contribution in [0.3, 0.4) is 0 Å². The summed E-state index contributed by atoms with van der Waals surface area (Å²) in [6.45, 7) is 1.62. The Bertz CT molecular complexity index is 606. The van der Waals surface area contributed by atoms with Crippen molar-refractivity contribution in [1.82, 2.24) is 9.62 Å². The highest BCUT2D eigenvalue weighted by atomic mass is 32.2. The Morgan fingerprint density at radius 1 is 1.45 bits per heavy atom. The van der Waals surface area contributed by atoms with E-state index in [1.54, 1.807) is 6.92 Å². The number of carbonyl (C=O) groups excluding carboxylic acids is 1. The van der Waals surface area contributed by atoms with Gasteiger partial charge in [-0.05, 0) is 17.9 Å². The van der Waals surface area contributed by atoms with Crippen molar-refractivity contribution in [1.29, 1.82) is 0 Å². The summed E-state index contributed by atoms with van der Waals surface area (Å²) in [5.74, 6) is -1.86. The van der Waals surface area contributed by atoms with Gasteiger partial charge in [-0.2, -0.15) is 0 Å². The van der Waals surface area contributed by atoms with Crippen molar-refractivity contribution in [2.24, 2.45) is 0 Å². The van der Waals surface area contributed by atoms with Crippen LogP contribution in [0.25, 0.3) is 0 Å². The molecule has 0 aromatic carbocycles. The van der Waals surface area contributed by atoms with Gasteiger partial charge in [0, 0.05) is 14.1 Å². The Balaban J connectivity index is 3.09. The van der Waals surface area contributed by atoms with Crippen molar-refractivity contribution in [3.05, 3.63) is 16.3 Å². The van der Waals surface area contributed by atoms with Crippen LogP contribution < -0.4 is 5.32 Å². The molecule has 1 aromatic heterocycles. The molecule has 1 aromatic rings. The van der Waals surface area contributed by atoms with Crippen LogP contribution in [0, 0.1) is 0 Å². The SMILES string of the molecule is CCC(NC(=O)c1sccc1S(=O)(=O)N(C)C)C(=O)O. The number of aliphatic carboxylic acids is 1. The summed E-state index contributed by atoms with van der Waals surface area (Å²) in [5, 5.41) is 12.7. The Morgan fingerprint density at radius 3 is 2.50 bits per heavy atom. The molecule has 1 heterocycles. The molecule has 9 heteroatoms. The van der Waals surface area contributed by atoms with E-state index in [9.17, 15) is 18.0 Å². The van der Waals surface area contributed by atoms with Crippen LogP contribution in [0.2, 0.25) is 0 Å². The first-order chi connectivity index (χ1) is 9.21. The maximum atomic E-state index is 12.0. The van der Waals surface area contributed by atoms with Gasteiger partial charge in [0.15, 0.2) is 0 Å². The zero-order chi connectivity index (χ0) is 15.5. The third-order valence-corrected chi connectivity index (χ3v) is 5.51. The number of hydrogen-bond donors (Lipinski definition) is 2. The minimum absolute atomic E-state index is 0.0154. The lowest BCUT2D eigenvalue weighted by Crippen LogP contribution is -2.40. The minimum atomic E-state index is -3.74. The van der Waals surface area contributed by atoms with Crippen LogP contribution in [-0.4, -0.2) is 49.8 Å². The Kier molecular flexibility index (Phi) is 5.26. The molecule has 0 saturated heterocycles. The van der Waals surface area contributed by atoms with Gasteiger partial charge in [-0.15, -0.1) is 11.3 Å². The topological polar surface area (TPSA) is 104 Å². The molecule has 0 aliphatic rings. The molecule has 0 radical (unpaired) electrons. The van der Waals surface area contributed by atoms with Gasteiger partial charge in [-0.3, -0.25) is 4.79 Å². The fourth-order valence-corrected chi connectivity index (χ4v) is 3.62. The van der Waals surface area contributed by atoms with Crippen LogP contribution in [0.4, 0.5) is 0 Å². The number of rotatable bonds is 6. The second-order valence-electron chi connectivity index (χ2n) is 4.17. The number of sulfonamides is 1. The van der Waals surface area contributed by atoms with E-state index in [0.717, 1.165) is 15.6 Å². The zero-order valence-electron chi connectivity index (χ0n) is 11.3. The smallest absolute Gasteiger partial charge is 0.326 e. The van der Waals surface area contributed by atoms with Crippen LogP contribution in [-0.2, 0) is 14.8 Å². The average molecular weight is 320 g/mol. The summed E-state index contributed by atoms with van der Waals surface area (Å²) in [7, 11) is -1.01. The molecule has 0 saturated carbocycles. The molecule has 0 aliphatic carbocycles. The summed E-state index contributed by atoms with van der Waals surface area (Å²) in [6.07, 6.45) is 0.211. The quantitative estimate of drug-likeness (QED) is 0.798. The van der Waals surface area contributed by atoms with E-state index in [1.807, 2.05) is 0 Å². The van der Waals surface area contributed by atoms with Gasteiger partial charge < -0.3 is 10.4 Å². The van der Waals surface area contributed by atoms with Crippen LogP contribution in [0.1, 0.15) is 23.0 Å². The molecule has 0 aliphatic heterocycles. The lowest BCUT2D eigenvalue weighted by atomic mass is 10.2. The summed E-state index contributed by atoms with van der Waals surface area (Å²) in [6, 6.07) is 0.288. The summed E-state index contributed by atoms with van der Waals surface area (Å²) in [5.41, 5.74) is 0. The van der Waals surface area contributed by atoms with Gasteiger partial charge in [0.25, 0.3) is 5.91 Å². The third kappa shape index (κ3) is 3.35. The number of nitrogens with one attached hydrogen (secondary N) is 1. The van der Waals surface area contributed by atoms with Crippen molar-refractivity contribution in [2.75, 3.05) is 14.1 Å². The molecule has 1 atom stereocenters. The summed E-state index contributed by atoms with van der Waals surface area (Å²) >= 11 is 0.955. The van der Waals surface area contributed by atoms with E-state index in [1.165, 1.54) is 25.5 Å². The molecular weight excluding hydrogens is 304 g/mol. The molecule has 0 spiro atoms. The molecular formula is C11H16N2O5S2. The molecule has 20 heavy (non-hydrogen) atoms. The normalized spacial score (nSPS) is 13.2. The molecule has 2 N–H and O–H groups in total. The van der Waals surface area contributed by atoms with Crippen LogP contribution in [0.5, 0.6) is 0 Å². The zero-order valence-corrected chi connectivity index (χ0v) is 12.9. The standard InChI is InChI=1S/C11H16N2O5S2/c1-4-7(11(15)16)12-10(14)9-8(5-6-19-9)20(17,18)13(2)3/h5-7H,4H2,1-3H3,(H,12,14)(H,15,16). The molecule has 112 valence electrons. The van der Waals surface area contributed by atoms with E-state index < -0.39 is 27.9 Å². The van der Waals surface area contributed by atoms with Crippen molar-refractivity contribution in [3.63, 3.8) is 0 Å². The lowest BCUT2D eigenvalue weighted by Gasteiger charge is -2.14. The molecule has 1 amide bonds. The van der Waals surface area contributed by atoms with E-state index >= 15 is 0 Å². The fourth-order valence-electron chi connectivity index (χ4n) is 1.43. The second-order valence-corrected chi connectivity index (χ2v) is 7.21. The maximum absolute atomic E-state index is 12.0. The number of nitrogens with zero attached hydrogens (tertiary/aromatic N) is 1. The number of amides is 1. The van der Waals surface area contributed by atoms with Gasteiger partial charge in [0.1, 0.15) is 15.8 Å². The summed E-state index contributed by atoms with van der Waals surface area (Å²) in [4.78, 5) is 22.8. The van der Waals surface area contributed by atoms with E-state index in [-0.39, 0.29) is 16.2 Å². The van der Waals surface area contributed by atoms with Gasteiger partial charge in [-0.25, -0.2) is 17.5 Å². The first kappa shape index (κ1) is 16.6. The van der Waals surface area contributed by atoms with Crippen molar-refractivity contribution >= 4 is 33.2 Å². The highest BCUT2D eigenvalue weighted by molar-refractivity contribution is 7.89. The van der Waals surface area contributed by atoms with Crippen LogP contribution >= 0.6 is 11.3 Å². The maximum Gasteiger partial charge on any atom is 0.326 e. The third-order valence-electron chi connectivity index (χ3n) is 2.61. The van der Waals surface area contributed by atoms with Gasteiger partial charge in [0.05, 0.1) is 0 Å². The highest BCUT2D eigenvalue weighted by Crippen LogP contribution is 2.24. The number of carboxylic acid groups (broad SMARTS) is 1. The van der Waals surface area contributed by atoms with Gasteiger partial charge >= 0.3 is 5.97 Å². The van der Waals surface area contributed by atoms with Gasteiger partial charge in [0.2, 0.25) is 10.0 Å². The molecule has 0 fully saturated rings. The van der Waals surface area contributed by atoms with Crippen molar-refractivity contribution in [3.8, 4) is 0 Å². The van der Waals surface area contributed by atoms with Crippen molar-refractivity contribution < 1.29 is 23.1 Å². The lowest BCUT2D eigenvalue weighted by molar-refractivity contribution is -0.139. The van der Waals surface area contributed by atoms with Gasteiger partial charge in [-0.1, -0.05) is 6.92 Å². The predicted molar refractivity (Wildman–Crippen MR) is 74.4 cm³/mol. The molecule has 1 unspecified atom stereocenters. The number of carboxylic acids is 1. The average Bonchev–Trinajstić information content (AvgIpc) is 2.84. The predicted octanol–water partition coefficient (Wildman–Crippen LogP) is 0.591. The molecule has 1 rings (SSSR count). The summed E-state index contributed by atoms with van der Waals surface area (Å²) < 4.78 is 25.1. The Morgan fingerprint density at radius 2 is 2.05 bits per heavy atom. The van der Waals surface area contributed by atoms with E-state index in [2.05, 4.69) is 5.32 Å². The number of hydrogen-bond acceptors (Lipinski definition) is 5. The first-order valence-corrected chi connectivity index (χ1v) is 8.07. The fraction of sp³-hybridized carbons (Fsp3) is 0.455. The number of thiophene rings is 1. The monoisotopic (exact) mass is 320 g/mol. The largest absolute Gasteiger partial charge is 0.480 e. The molecule has 0 bridgehead atoms. The second kappa shape index (κ2) is 6.33. The van der Waals surface area contributed by atoms with E-state index in [4.69, 9.17) is 5.11 Å². The minimum Gasteiger partial charge on any atom is -0.480 e. The highest BCUT2D eigenvalue weighted by Gasteiger charge is 2.28. The Hall–Kier alpha value is -1.45. The van der Waals surface area contributed by atoms with Crippen molar-refractivity contribution in [2.45, 2.75) is 24.3 Å². The Labute approximate surface area is 121 Å². The van der Waals surface area contributed by atoms with E-state index in [0.29, 0.717) is 0 Å². The molecule has 7 nitrogen and oxygen atoms in total. The number of carbonyl (C=O) groups is 2. The first-order valence-electron chi connectivity index (χ1n) is 5.75.